The summed E-state index contributed by atoms with van der Waals surface area (Å²) in [6.07, 6.45) is 2.70. The molecule has 1 saturated heterocycles. The maximum absolute atomic E-state index is 12.8. The molecule has 0 bridgehead atoms. The molecule has 0 radical (unpaired) electrons. The number of amides is 1. The van der Waals surface area contributed by atoms with Gasteiger partial charge in [-0.25, -0.2) is 4.98 Å². The van der Waals surface area contributed by atoms with Gasteiger partial charge in [0.15, 0.2) is 0 Å². The van der Waals surface area contributed by atoms with Gasteiger partial charge in [-0.2, -0.15) is 0 Å². The highest BCUT2D eigenvalue weighted by Crippen LogP contribution is 2.15. The number of carbonyl (C=O) groups is 1. The number of aromatic nitrogens is 2. The second-order valence-corrected chi connectivity index (χ2v) is 8.24. The van der Waals surface area contributed by atoms with Crippen molar-refractivity contribution in [2.75, 3.05) is 33.3 Å². The molecule has 168 valence electrons. The summed E-state index contributed by atoms with van der Waals surface area (Å²) in [5, 5.41) is 0.594. The van der Waals surface area contributed by atoms with Gasteiger partial charge in [0.05, 0.1) is 18.0 Å². The van der Waals surface area contributed by atoms with Crippen LogP contribution in [-0.2, 0) is 17.8 Å². The Morgan fingerprint density at radius 3 is 2.69 bits per heavy atom. The minimum absolute atomic E-state index is 0.124. The summed E-state index contributed by atoms with van der Waals surface area (Å²) in [7, 11) is 1.67. The number of hydrogen-bond donors (Lipinski definition) is 1. The molecule has 4 rings (SSSR count). The van der Waals surface area contributed by atoms with E-state index in [0.717, 1.165) is 44.9 Å². The molecule has 1 N–H and O–H groups in total. The number of methoxy groups -OCH3 is 1. The number of aromatic amines is 1. The van der Waals surface area contributed by atoms with Gasteiger partial charge in [0.2, 0.25) is 5.91 Å². The number of aryl methyl sites for hydroxylation is 1. The molecule has 1 aromatic heterocycles. The van der Waals surface area contributed by atoms with Gasteiger partial charge in [0.1, 0.15) is 11.6 Å². The van der Waals surface area contributed by atoms with Crippen LogP contribution in [0.2, 0.25) is 0 Å². The van der Waals surface area contributed by atoms with E-state index in [2.05, 4.69) is 27.0 Å². The molecule has 32 heavy (non-hydrogen) atoms. The number of benzene rings is 2. The molecule has 7 heteroatoms. The molecular formula is C25H30N4O3. The topological polar surface area (TPSA) is 78.5 Å². The smallest absolute Gasteiger partial charge is 0.258 e. The predicted octanol–water partition coefficient (Wildman–Crippen LogP) is 2.99. The van der Waals surface area contributed by atoms with Gasteiger partial charge in [-0.1, -0.05) is 24.3 Å². The second-order valence-electron chi connectivity index (χ2n) is 8.24. The first-order valence-corrected chi connectivity index (χ1v) is 11.2. The molecular weight excluding hydrogens is 404 g/mol. The zero-order valence-electron chi connectivity index (χ0n) is 18.5. The molecule has 1 fully saturated rings. The fourth-order valence-corrected chi connectivity index (χ4v) is 4.19. The van der Waals surface area contributed by atoms with E-state index < -0.39 is 0 Å². The van der Waals surface area contributed by atoms with Crippen molar-refractivity contribution in [3.8, 4) is 5.75 Å². The number of rotatable bonds is 7. The van der Waals surface area contributed by atoms with Gasteiger partial charge in [-0.3, -0.25) is 14.5 Å². The number of nitrogens with zero attached hydrogens (tertiary/aromatic N) is 3. The Morgan fingerprint density at radius 1 is 1.06 bits per heavy atom. The first-order valence-electron chi connectivity index (χ1n) is 11.2. The molecule has 2 heterocycles. The van der Waals surface area contributed by atoms with Crippen LogP contribution in [-0.4, -0.2) is 59.0 Å². The Labute approximate surface area is 188 Å². The predicted molar refractivity (Wildman–Crippen MR) is 125 cm³/mol. The lowest BCUT2D eigenvalue weighted by Gasteiger charge is -2.22. The molecule has 3 aromatic rings. The summed E-state index contributed by atoms with van der Waals surface area (Å²) >= 11 is 0. The van der Waals surface area contributed by atoms with Gasteiger partial charge >= 0.3 is 0 Å². The van der Waals surface area contributed by atoms with Gasteiger partial charge in [-0.15, -0.1) is 0 Å². The van der Waals surface area contributed by atoms with E-state index in [9.17, 15) is 9.59 Å². The van der Waals surface area contributed by atoms with Crippen molar-refractivity contribution in [2.45, 2.75) is 32.2 Å². The van der Waals surface area contributed by atoms with Crippen LogP contribution >= 0.6 is 0 Å². The van der Waals surface area contributed by atoms with Crippen LogP contribution in [0.25, 0.3) is 10.9 Å². The standard InChI is InChI=1S/C25H30N4O3/c1-32-20-12-10-19(11-13-20)18-28-14-5-15-29(17-16-28)24(30)9-4-8-23-26-22-7-3-2-6-21(22)25(31)27-23/h2-3,6-7,10-13H,4-5,8-9,14-18H2,1H3,(H,26,27,31). The first kappa shape index (κ1) is 22.0. The lowest BCUT2D eigenvalue weighted by atomic mass is 10.2. The summed E-state index contributed by atoms with van der Waals surface area (Å²) in [6, 6.07) is 15.5. The van der Waals surface area contributed by atoms with Crippen molar-refractivity contribution in [1.29, 1.82) is 0 Å². The molecule has 2 aromatic carbocycles. The molecule has 1 amide bonds. The maximum atomic E-state index is 12.8. The lowest BCUT2D eigenvalue weighted by molar-refractivity contribution is -0.131. The third-order valence-corrected chi connectivity index (χ3v) is 5.97. The Kier molecular flexibility index (Phi) is 7.17. The zero-order valence-corrected chi connectivity index (χ0v) is 18.5. The molecule has 0 unspecified atom stereocenters. The summed E-state index contributed by atoms with van der Waals surface area (Å²) in [5.74, 6) is 1.69. The third kappa shape index (κ3) is 5.53. The van der Waals surface area contributed by atoms with Crippen LogP contribution in [0, 0.1) is 0 Å². The van der Waals surface area contributed by atoms with Crippen LogP contribution in [0.5, 0.6) is 5.75 Å². The van der Waals surface area contributed by atoms with Crippen LogP contribution in [0.15, 0.2) is 53.3 Å². The van der Waals surface area contributed by atoms with E-state index >= 15 is 0 Å². The molecule has 1 aliphatic heterocycles. The number of H-pyrrole nitrogens is 1. The Hall–Kier alpha value is -3.19. The fraction of sp³-hybridized carbons (Fsp3) is 0.400. The van der Waals surface area contributed by atoms with E-state index in [-0.39, 0.29) is 11.5 Å². The zero-order chi connectivity index (χ0) is 22.3. The summed E-state index contributed by atoms with van der Waals surface area (Å²) in [4.78, 5) is 36.7. The van der Waals surface area contributed by atoms with Crippen molar-refractivity contribution in [3.63, 3.8) is 0 Å². The molecule has 0 atom stereocenters. The third-order valence-electron chi connectivity index (χ3n) is 5.97. The molecule has 0 aliphatic carbocycles. The summed E-state index contributed by atoms with van der Waals surface area (Å²) in [6.45, 7) is 4.28. The molecule has 0 spiro atoms. The fourth-order valence-electron chi connectivity index (χ4n) is 4.19. The van der Waals surface area contributed by atoms with Crippen molar-refractivity contribution in [2.24, 2.45) is 0 Å². The number of hydrogen-bond acceptors (Lipinski definition) is 5. The van der Waals surface area contributed by atoms with E-state index in [1.807, 2.05) is 35.2 Å². The number of nitrogens with one attached hydrogen (secondary N) is 1. The number of ether oxygens (including phenoxy) is 1. The Morgan fingerprint density at radius 2 is 1.88 bits per heavy atom. The molecule has 7 nitrogen and oxygen atoms in total. The highest BCUT2D eigenvalue weighted by Gasteiger charge is 2.19. The van der Waals surface area contributed by atoms with E-state index in [4.69, 9.17) is 4.74 Å². The average molecular weight is 435 g/mol. The molecule has 1 aliphatic rings. The minimum Gasteiger partial charge on any atom is -0.497 e. The Balaban J connectivity index is 1.25. The largest absolute Gasteiger partial charge is 0.497 e. The van der Waals surface area contributed by atoms with Crippen molar-refractivity contribution in [1.82, 2.24) is 19.8 Å². The highest BCUT2D eigenvalue weighted by atomic mass is 16.5. The summed E-state index contributed by atoms with van der Waals surface area (Å²) in [5.41, 5.74) is 1.82. The van der Waals surface area contributed by atoms with Gasteiger partial charge in [0, 0.05) is 45.6 Å². The second kappa shape index (κ2) is 10.4. The maximum Gasteiger partial charge on any atom is 0.258 e. The minimum atomic E-state index is -0.124. The quantitative estimate of drug-likeness (QED) is 0.619. The van der Waals surface area contributed by atoms with E-state index in [0.29, 0.717) is 36.0 Å². The van der Waals surface area contributed by atoms with Crippen molar-refractivity contribution < 1.29 is 9.53 Å². The van der Waals surface area contributed by atoms with Gasteiger partial charge < -0.3 is 14.6 Å². The molecule has 0 saturated carbocycles. The monoisotopic (exact) mass is 434 g/mol. The first-order chi connectivity index (χ1) is 15.6. The van der Waals surface area contributed by atoms with Crippen LogP contribution in [0.1, 0.15) is 30.7 Å². The lowest BCUT2D eigenvalue weighted by Crippen LogP contribution is -2.35. The van der Waals surface area contributed by atoms with Crippen LogP contribution < -0.4 is 10.3 Å². The van der Waals surface area contributed by atoms with E-state index in [1.54, 1.807) is 13.2 Å². The van der Waals surface area contributed by atoms with Crippen molar-refractivity contribution in [3.05, 3.63) is 70.3 Å². The van der Waals surface area contributed by atoms with Gasteiger partial charge in [0.25, 0.3) is 5.56 Å². The number of para-hydroxylation sites is 1. The SMILES string of the molecule is COc1ccc(CN2CCCN(C(=O)CCCc3nc4ccccc4c(=O)[nH]3)CC2)cc1. The normalized spacial score (nSPS) is 15.0. The van der Waals surface area contributed by atoms with Crippen molar-refractivity contribution >= 4 is 16.8 Å². The highest BCUT2D eigenvalue weighted by molar-refractivity contribution is 5.77. The number of fused-ring (bicyclic) bond motifs is 1. The van der Waals surface area contributed by atoms with Crippen LogP contribution in [0.4, 0.5) is 0 Å². The Bertz CT molecular complexity index is 1110. The summed E-state index contributed by atoms with van der Waals surface area (Å²) < 4.78 is 5.23. The average Bonchev–Trinajstić information content (AvgIpc) is 3.05. The van der Waals surface area contributed by atoms with Crippen LogP contribution in [0.3, 0.4) is 0 Å². The van der Waals surface area contributed by atoms with Gasteiger partial charge in [-0.05, 0) is 42.7 Å². The number of carbonyl (C=O) groups excluding carboxylic acids is 1. The van der Waals surface area contributed by atoms with E-state index in [1.165, 1.54) is 5.56 Å².